The van der Waals surface area contributed by atoms with E-state index in [-0.39, 0.29) is 31.5 Å². The molecule has 0 bridgehead atoms. The summed E-state index contributed by atoms with van der Waals surface area (Å²) in [4.78, 5) is 67.1. The minimum absolute atomic E-state index is 0.0670. The Morgan fingerprint density at radius 2 is 1.58 bits per heavy atom. The van der Waals surface area contributed by atoms with Crippen molar-refractivity contribution in [2.75, 3.05) is 19.6 Å². The van der Waals surface area contributed by atoms with Gasteiger partial charge in [-0.3, -0.25) is 24.0 Å². The highest BCUT2D eigenvalue weighted by atomic mass is 19.2. The molecule has 0 spiro atoms. The second-order valence-corrected chi connectivity index (χ2v) is 10.8. The standard InChI is InChI=1S/C30H37F2N5O6/c1-17(2)26-30(43)34-23(14-19-7-5-4-6-8-19)28(41)36-27(18(3)38)29(42)33-11-12-37(16-24(39)35-26)25(40)15-20-9-10-21(31)22(32)13-20/h4-10,13,17-18,23,26-27,38H,11-12,14-16H2,1-3H3,(H,33,42)(H,34,43)(H,35,39)(H,36,41)/t18-,23+,26-,27+/m1/s1. The number of benzene rings is 2. The molecule has 1 heterocycles. The number of hydrogen-bond acceptors (Lipinski definition) is 6. The zero-order chi connectivity index (χ0) is 31.7. The van der Waals surface area contributed by atoms with Crippen LogP contribution >= 0.6 is 0 Å². The van der Waals surface area contributed by atoms with Gasteiger partial charge in [0.25, 0.3) is 0 Å². The molecule has 1 saturated heterocycles. The highest BCUT2D eigenvalue weighted by Gasteiger charge is 2.33. The van der Waals surface area contributed by atoms with E-state index >= 15 is 0 Å². The van der Waals surface area contributed by atoms with Crippen LogP contribution in [0.5, 0.6) is 0 Å². The van der Waals surface area contributed by atoms with Gasteiger partial charge in [-0.2, -0.15) is 0 Å². The number of aliphatic hydroxyl groups is 1. The van der Waals surface area contributed by atoms with E-state index in [1.54, 1.807) is 44.2 Å². The van der Waals surface area contributed by atoms with Crippen LogP contribution in [0.25, 0.3) is 0 Å². The summed E-state index contributed by atoms with van der Waals surface area (Å²) >= 11 is 0. The maximum absolute atomic E-state index is 13.7. The van der Waals surface area contributed by atoms with Gasteiger partial charge < -0.3 is 31.3 Å². The summed E-state index contributed by atoms with van der Waals surface area (Å²) in [5.74, 6) is -6.04. The second-order valence-electron chi connectivity index (χ2n) is 10.8. The van der Waals surface area contributed by atoms with E-state index in [0.717, 1.165) is 22.6 Å². The molecule has 0 saturated carbocycles. The summed E-state index contributed by atoms with van der Waals surface area (Å²) in [6, 6.07) is 8.25. The Hall–Kier alpha value is -4.39. The van der Waals surface area contributed by atoms with Crippen molar-refractivity contribution >= 4 is 29.5 Å². The number of nitrogens with zero attached hydrogens (tertiary/aromatic N) is 1. The lowest BCUT2D eigenvalue weighted by atomic mass is 10.0. The summed E-state index contributed by atoms with van der Waals surface area (Å²) in [5, 5.41) is 20.6. The van der Waals surface area contributed by atoms with Crippen molar-refractivity contribution in [3.8, 4) is 0 Å². The Bertz CT molecular complexity index is 1320. The van der Waals surface area contributed by atoms with Crippen LogP contribution in [0.2, 0.25) is 0 Å². The average molecular weight is 602 g/mol. The molecule has 5 N–H and O–H groups in total. The van der Waals surface area contributed by atoms with Crippen molar-refractivity contribution in [1.29, 1.82) is 0 Å². The van der Waals surface area contributed by atoms with Gasteiger partial charge in [-0.1, -0.05) is 50.2 Å². The smallest absolute Gasteiger partial charge is 0.245 e. The Labute approximate surface area is 248 Å². The number of carbonyl (C=O) groups is 5. The number of halogens is 2. The fraction of sp³-hybridized carbons (Fsp3) is 0.433. The van der Waals surface area contributed by atoms with Crippen LogP contribution in [0.1, 0.15) is 31.9 Å². The summed E-state index contributed by atoms with van der Waals surface area (Å²) < 4.78 is 27.1. The quantitative estimate of drug-likeness (QED) is 0.319. The van der Waals surface area contributed by atoms with Crippen molar-refractivity contribution in [1.82, 2.24) is 26.2 Å². The highest BCUT2D eigenvalue weighted by Crippen LogP contribution is 2.12. The lowest BCUT2D eigenvalue weighted by Crippen LogP contribution is -2.60. The van der Waals surface area contributed by atoms with Gasteiger partial charge >= 0.3 is 0 Å². The van der Waals surface area contributed by atoms with E-state index < -0.39 is 77.9 Å². The van der Waals surface area contributed by atoms with Gasteiger partial charge in [0, 0.05) is 19.5 Å². The maximum Gasteiger partial charge on any atom is 0.245 e. The molecule has 2 aromatic rings. The number of hydrogen-bond donors (Lipinski definition) is 5. The van der Waals surface area contributed by atoms with E-state index in [1.165, 1.54) is 13.0 Å². The van der Waals surface area contributed by atoms with Crippen LogP contribution < -0.4 is 21.3 Å². The summed E-state index contributed by atoms with van der Waals surface area (Å²) in [5.41, 5.74) is 0.893. The van der Waals surface area contributed by atoms with Crippen molar-refractivity contribution < 1.29 is 37.9 Å². The van der Waals surface area contributed by atoms with Crippen molar-refractivity contribution in [2.24, 2.45) is 5.92 Å². The third-order valence-corrected chi connectivity index (χ3v) is 6.95. The van der Waals surface area contributed by atoms with Crippen LogP contribution in [0, 0.1) is 17.6 Å². The van der Waals surface area contributed by atoms with Crippen LogP contribution in [0.15, 0.2) is 48.5 Å². The minimum atomic E-state index is -1.39. The zero-order valence-corrected chi connectivity index (χ0v) is 24.2. The van der Waals surface area contributed by atoms with Gasteiger partial charge in [0.2, 0.25) is 29.5 Å². The van der Waals surface area contributed by atoms with Crippen molar-refractivity contribution in [3.63, 3.8) is 0 Å². The first-order valence-corrected chi connectivity index (χ1v) is 14.0. The number of aliphatic hydroxyl groups excluding tert-OH is 1. The normalized spacial score (nSPS) is 21.6. The Kier molecular flexibility index (Phi) is 11.7. The molecule has 2 aromatic carbocycles. The van der Waals surface area contributed by atoms with Crippen LogP contribution in [-0.2, 0) is 36.8 Å². The topological polar surface area (TPSA) is 157 Å². The largest absolute Gasteiger partial charge is 0.391 e. The zero-order valence-electron chi connectivity index (χ0n) is 24.2. The van der Waals surface area contributed by atoms with Gasteiger partial charge in [0.1, 0.15) is 18.1 Å². The number of nitrogens with one attached hydrogen (secondary N) is 4. The number of amides is 5. The highest BCUT2D eigenvalue weighted by molar-refractivity contribution is 5.95. The predicted molar refractivity (Wildman–Crippen MR) is 152 cm³/mol. The van der Waals surface area contributed by atoms with Crippen molar-refractivity contribution in [3.05, 3.63) is 71.3 Å². The molecule has 5 amide bonds. The second kappa shape index (κ2) is 15.2. The van der Waals surface area contributed by atoms with Crippen LogP contribution in [-0.4, -0.2) is 83.4 Å². The van der Waals surface area contributed by atoms with Gasteiger partial charge in [-0.15, -0.1) is 0 Å². The summed E-state index contributed by atoms with van der Waals surface area (Å²) in [6.45, 7) is 3.88. The molecule has 13 heteroatoms. The molecule has 11 nitrogen and oxygen atoms in total. The third-order valence-electron chi connectivity index (χ3n) is 6.95. The Balaban J connectivity index is 1.90. The molecular formula is C30H37F2N5O6. The van der Waals surface area contributed by atoms with Crippen LogP contribution in [0.4, 0.5) is 8.78 Å². The van der Waals surface area contributed by atoms with E-state index in [0.29, 0.717) is 0 Å². The first-order chi connectivity index (χ1) is 20.3. The van der Waals surface area contributed by atoms with Gasteiger partial charge in [-0.05, 0) is 36.1 Å². The summed E-state index contributed by atoms with van der Waals surface area (Å²) in [7, 11) is 0. The monoisotopic (exact) mass is 601 g/mol. The molecule has 4 atom stereocenters. The molecule has 232 valence electrons. The molecule has 1 fully saturated rings. The molecule has 3 rings (SSSR count). The minimum Gasteiger partial charge on any atom is -0.391 e. The maximum atomic E-state index is 13.7. The molecule has 0 radical (unpaired) electrons. The molecule has 1 aliphatic rings. The Morgan fingerprint density at radius 1 is 0.884 bits per heavy atom. The van der Waals surface area contributed by atoms with Gasteiger partial charge in [0.15, 0.2) is 11.6 Å². The molecule has 43 heavy (non-hydrogen) atoms. The summed E-state index contributed by atoms with van der Waals surface area (Å²) in [6.07, 6.45) is -1.61. The third kappa shape index (κ3) is 9.57. The number of rotatable bonds is 6. The van der Waals surface area contributed by atoms with E-state index in [9.17, 15) is 37.9 Å². The fourth-order valence-electron chi connectivity index (χ4n) is 4.56. The van der Waals surface area contributed by atoms with E-state index in [1.807, 2.05) is 0 Å². The predicted octanol–water partition coefficient (Wildman–Crippen LogP) is 0.200. The van der Waals surface area contributed by atoms with E-state index in [2.05, 4.69) is 21.3 Å². The van der Waals surface area contributed by atoms with E-state index in [4.69, 9.17) is 0 Å². The molecule has 1 aliphatic heterocycles. The van der Waals surface area contributed by atoms with Crippen molar-refractivity contribution in [2.45, 2.75) is 57.8 Å². The fourth-order valence-corrected chi connectivity index (χ4v) is 4.56. The lowest BCUT2D eigenvalue weighted by molar-refractivity contribution is -0.137. The molecular weight excluding hydrogens is 564 g/mol. The molecule has 0 aliphatic carbocycles. The van der Waals surface area contributed by atoms with Crippen LogP contribution in [0.3, 0.4) is 0 Å². The molecule has 0 aromatic heterocycles. The first-order valence-electron chi connectivity index (χ1n) is 14.0. The first kappa shape index (κ1) is 33.1. The lowest BCUT2D eigenvalue weighted by Gasteiger charge is -2.27. The SMILES string of the molecule is CC(C)[C@H]1NC(=O)CN(C(=O)Cc2ccc(F)c(F)c2)CCNC(=O)[C@H]([C@@H](C)O)NC(=O)[C@H](Cc2ccccc2)NC1=O. The van der Waals surface area contributed by atoms with Gasteiger partial charge in [-0.25, -0.2) is 8.78 Å². The Morgan fingerprint density at radius 3 is 2.21 bits per heavy atom. The number of carbonyl (C=O) groups excluding carboxylic acids is 5. The average Bonchev–Trinajstić information content (AvgIpc) is 2.95. The van der Waals surface area contributed by atoms with Gasteiger partial charge in [0.05, 0.1) is 19.1 Å². The molecule has 0 unspecified atom stereocenters.